The molecule has 0 aliphatic heterocycles. The molecule has 0 spiro atoms. The third-order valence-corrected chi connectivity index (χ3v) is 5.29. The first-order chi connectivity index (χ1) is 13.6. The number of thiocarbonyl (C=S) groups is 1. The number of benzene rings is 2. The molecule has 2 aromatic carbocycles. The van der Waals surface area contributed by atoms with Gasteiger partial charge in [0.15, 0.2) is 5.11 Å². The van der Waals surface area contributed by atoms with E-state index in [9.17, 15) is 4.79 Å². The summed E-state index contributed by atoms with van der Waals surface area (Å²) in [4.78, 5) is 11.9. The Morgan fingerprint density at radius 1 is 1.14 bits per heavy atom. The molecule has 0 aromatic heterocycles. The predicted octanol–water partition coefficient (Wildman–Crippen LogP) is 4.63. The van der Waals surface area contributed by atoms with E-state index in [1.54, 1.807) is 26.2 Å². The fourth-order valence-corrected chi connectivity index (χ4v) is 4.01. The fourth-order valence-electron chi connectivity index (χ4n) is 3.69. The topological polar surface area (TPSA) is 59.6 Å². The first-order valence-corrected chi connectivity index (χ1v) is 9.98. The molecule has 0 heterocycles. The Morgan fingerprint density at radius 2 is 1.86 bits per heavy atom. The maximum atomic E-state index is 11.9. The van der Waals surface area contributed by atoms with Crippen LogP contribution in [0, 0.1) is 0 Å². The molecule has 2 aromatic rings. The van der Waals surface area contributed by atoms with Crippen LogP contribution in [-0.2, 0) is 10.3 Å². The quantitative estimate of drug-likeness (QED) is 0.547. The van der Waals surface area contributed by atoms with E-state index < -0.39 is 0 Å². The van der Waals surface area contributed by atoms with E-state index in [0.29, 0.717) is 17.3 Å². The lowest BCUT2D eigenvalue weighted by molar-refractivity contribution is 0.0526. The maximum Gasteiger partial charge on any atom is 0.338 e. The highest BCUT2D eigenvalue weighted by molar-refractivity contribution is 7.80. The molecule has 1 fully saturated rings. The van der Waals surface area contributed by atoms with E-state index in [1.807, 2.05) is 24.3 Å². The highest BCUT2D eigenvalue weighted by Gasteiger charge is 2.36. The van der Waals surface area contributed by atoms with Gasteiger partial charge in [0.05, 0.1) is 24.8 Å². The van der Waals surface area contributed by atoms with Gasteiger partial charge in [0, 0.05) is 5.69 Å². The van der Waals surface area contributed by atoms with Gasteiger partial charge in [0.2, 0.25) is 0 Å². The normalized spacial score (nSPS) is 14.9. The van der Waals surface area contributed by atoms with Crippen molar-refractivity contribution in [1.29, 1.82) is 0 Å². The molecule has 28 heavy (non-hydrogen) atoms. The third-order valence-electron chi connectivity index (χ3n) is 5.08. The molecular formula is C22H26N2O3S. The number of anilines is 1. The SMILES string of the molecule is CCOC(=O)c1cccc(NC(=S)NC2(c3ccc(OC)cc3)CCCC2)c1. The number of carbonyl (C=O) groups is 1. The number of carbonyl (C=O) groups excluding carboxylic acids is 1. The van der Waals surface area contributed by atoms with Gasteiger partial charge in [-0.05, 0) is 67.9 Å². The number of methoxy groups -OCH3 is 1. The maximum absolute atomic E-state index is 11.9. The second kappa shape index (κ2) is 9.06. The average molecular weight is 399 g/mol. The summed E-state index contributed by atoms with van der Waals surface area (Å²) in [7, 11) is 1.67. The summed E-state index contributed by atoms with van der Waals surface area (Å²) >= 11 is 5.59. The standard InChI is InChI=1S/C22H26N2O3S/c1-3-27-20(25)16-7-6-8-18(15-16)23-21(28)24-22(13-4-5-14-22)17-9-11-19(26-2)12-10-17/h6-12,15H,3-5,13-14H2,1-2H3,(H2,23,24,28). The van der Waals surface area contributed by atoms with Crippen LogP contribution >= 0.6 is 12.2 Å². The number of hydrogen-bond donors (Lipinski definition) is 2. The van der Waals surface area contributed by atoms with Crippen molar-refractivity contribution < 1.29 is 14.3 Å². The van der Waals surface area contributed by atoms with Gasteiger partial charge in [-0.1, -0.05) is 31.0 Å². The van der Waals surface area contributed by atoms with Crippen LogP contribution in [0.25, 0.3) is 0 Å². The van der Waals surface area contributed by atoms with Crippen molar-refractivity contribution in [3.05, 3.63) is 59.7 Å². The van der Waals surface area contributed by atoms with Gasteiger partial charge in [-0.3, -0.25) is 0 Å². The molecule has 0 radical (unpaired) electrons. The fraction of sp³-hybridized carbons (Fsp3) is 0.364. The molecule has 1 aliphatic carbocycles. The van der Waals surface area contributed by atoms with Crippen LogP contribution < -0.4 is 15.4 Å². The van der Waals surface area contributed by atoms with Crippen LogP contribution in [-0.4, -0.2) is 24.8 Å². The van der Waals surface area contributed by atoms with Gasteiger partial charge in [0.1, 0.15) is 5.75 Å². The Morgan fingerprint density at radius 3 is 2.50 bits per heavy atom. The Kier molecular flexibility index (Phi) is 6.52. The smallest absolute Gasteiger partial charge is 0.338 e. The van der Waals surface area contributed by atoms with Crippen molar-refractivity contribution in [2.45, 2.75) is 38.1 Å². The van der Waals surface area contributed by atoms with Crippen LogP contribution in [0.3, 0.4) is 0 Å². The Labute approximate surface area is 171 Å². The van der Waals surface area contributed by atoms with Gasteiger partial charge < -0.3 is 20.1 Å². The molecule has 0 saturated heterocycles. The van der Waals surface area contributed by atoms with Crippen LogP contribution in [0.1, 0.15) is 48.5 Å². The Bertz CT molecular complexity index is 830. The van der Waals surface area contributed by atoms with Gasteiger partial charge in [0.25, 0.3) is 0 Å². The highest BCUT2D eigenvalue weighted by Crippen LogP contribution is 2.39. The summed E-state index contributed by atoms with van der Waals surface area (Å²) in [6.45, 7) is 2.14. The highest BCUT2D eigenvalue weighted by atomic mass is 32.1. The van der Waals surface area contributed by atoms with E-state index in [-0.39, 0.29) is 11.5 Å². The molecule has 3 rings (SSSR count). The van der Waals surface area contributed by atoms with Crippen LogP contribution in [0.2, 0.25) is 0 Å². The van der Waals surface area contributed by atoms with E-state index in [1.165, 1.54) is 5.56 Å². The summed E-state index contributed by atoms with van der Waals surface area (Å²) in [5, 5.41) is 7.28. The minimum Gasteiger partial charge on any atom is -0.497 e. The number of nitrogens with one attached hydrogen (secondary N) is 2. The van der Waals surface area contributed by atoms with Gasteiger partial charge in [-0.15, -0.1) is 0 Å². The first kappa shape index (κ1) is 20.1. The Balaban J connectivity index is 1.73. The monoisotopic (exact) mass is 398 g/mol. The number of hydrogen-bond acceptors (Lipinski definition) is 4. The molecule has 6 heteroatoms. The van der Waals surface area contributed by atoms with Gasteiger partial charge in [-0.25, -0.2) is 4.79 Å². The predicted molar refractivity (Wildman–Crippen MR) is 115 cm³/mol. The average Bonchev–Trinajstić information content (AvgIpc) is 3.18. The second-order valence-electron chi connectivity index (χ2n) is 6.90. The molecule has 2 N–H and O–H groups in total. The van der Waals surface area contributed by atoms with E-state index in [2.05, 4.69) is 22.8 Å². The summed E-state index contributed by atoms with van der Waals surface area (Å²) < 4.78 is 10.3. The Hall–Kier alpha value is -2.60. The molecule has 5 nitrogen and oxygen atoms in total. The second-order valence-corrected chi connectivity index (χ2v) is 7.31. The van der Waals surface area contributed by atoms with Gasteiger partial charge in [-0.2, -0.15) is 0 Å². The molecular weight excluding hydrogens is 372 g/mol. The van der Waals surface area contributed by atoms with Crippen molar-refractivity contribution >= 4 is 29.0 Å². The molecule has 1 saturated carbocycles. The van der Waals surface area contributed by atoms with Crippen LogP contribution in [0.4, 0.5) is 5.69 Å². The lowest BCUT2D eigenvalue weighted by Crippen LogP contribution is -2.45. The minimum atomic E-state index is -0.337. The zero-order valence-corrected chi connectivity index (χ0v) is 17.1. The largest absolute Gasteiger partial charge is 0.497 e. The summed E-state index contributed by atoms with van der Waals surface area (Å²) in [5.74, 6) is 0.504. The van der Waals surface area contributed by atoms with Crippen LogP contribution in [0.5, 0.6) is 5.75 Å². The number of esters is 1. The molecule has 0 unspecified atom stereocenters. The third kappa shape index (κ3) is 4.62. The van der Waals surface area contributed by atoms with Crippen molar-refractivity contribution in [2.75, 3.05) is 19.0 Å². The first-order valence-electron chi connectivity index (χ1n) is 9.57. The summed E-state index contributed by atoms with van der Waals surface area (Å²) in [6, 6.07) is 15.3. The number of ether oxygens (including phenoxy) is 2. The number of rotatable bonds is 6. The lowest BCUT2D eigenvalue weighted by atomic mass is 9.88. The molecule has 0 atom stereocenters. The molecule has 148 valence electrons. The summed E-state index contributed by atoms with van der Waals surface area (Å²) in [6.07, 6.45) is 4.34. The molecule has 0 bridgehead atoms. The van der Waals surface area contributed by atoms with Crippen LogP contribution in [0.15, 0.2) is 48.5 Å². The molecule has 0 amide bonds. The van der Waals surface area contributed by atoms with E-state index in [0.717, 1.165) is 37.1 Å². The van der Waals surface area contributed by atoms with E-state index in [4.69, 9.17) is 21.7 Å². The van der Waals surface area contributed by atoms with Crippen molar-refractivity contribution in [3.8, 4) is 5.75 Å². The van der Waals surface area contributed by atoms with Crippen molar-refractivity contribution in [1.82, 2.24) is 5.32 Å². The van der Waals surface area contributed by atoms with Gasteiger partial charge >= 0.3 is 5.97 Å². The van der Waals surface area contributed by atoms with E-state index >= 15 is 0 Å². The minimum absolute atomic E-state index is 0.185. The zero-order chi connectivity index (χ0) is 20.0. The van der Waals surface area contributed by atoms with Crippen molar-refractivity contribution in [2.24, 2.45) is 0 Å². The zero-order valence-electron chi connectivity index (χ0n) is 16.3. The van der Waals surface area contributed by atoms with Crippen molar-refractivity contribution in [3.63, 3.8) is 0 Å². The summed E-state index contributed by atoms with van der Waals surface area (Å²) in [5.41, 5.74) is 2.27. The lowest BCUT2D eigenvalue weighted by Gasteiger charge is -2.32. The molecule has 1 aliphatic rings.